The van der Waals surface area contributed by atoms with E-state index in [0.29, 0.717) is 19.0 Å². The predicted molar refractivity (Wildman–Crippen MR) is 107 cm³/mol. The highest BCUT2D eigenvalue weighted by Gasteiger charge is 2.26. The summed E-state index contributed by atoms with van der Waals surface area (Å²) in [5, 5.41) is 3.12. The highest BCUT2D eigenvalue weighted by molar-refractivity contribution is 7.99. The van der Waals surface area contributed by atoms with Crippen LogP contribution in [0.4, 0.5) is 5.69 Å². The van der Waals surface area contributed by atoms with Gasteiger partial charge in [0.15, 0.2) is 11.5 Å². The molecule has 1 aliphatic heterocycles. The molecule has 0 aromatic heterocycles. The number of hydrogen-bond donors (Lipinski definition) is 2. The van der Waals surface area contributed by atoms with Gasteiger partial charge in [-0.2, -0.15) is 0 Å². The molecule has 1 fully saturated rings. The average Bonchev–Trinajstić information content (AvgIpc) is 2.69. The standard InChI is InChI=1S/C21H24N2O3S/c22-15-6-4-5-14(11-15)21(24)23-17-12-18-19(26-10-9-25-18)13-20(17)27-16-7-2-1-3-8-16/h1-3,7-8,12-15H,4-6,9-11,22H2,(H,23,24). The van der Waals surface area contributed by atoms with E-state index in [1.54, 1.807) is 11.8 Å². The summed E-state index contributed by atoms with van der Waals surface area (Å²) in [7, 11) is 0. The number of nitrogens with two attached hydrogens (primary N) is 1. The highest BCUT2D eigenvalue weighted by atomic mass is 32.2. The van der Waals surface area contributed by atoms with Crippen LogP contribution in [0.5, 0.6) is 11.5 Å². The molecule has 1 amide bonds. The predicted octanol–water partition coefficient (Wildman–Crippen LogP) is 4.07. The maximum Gasteiger partial charge on any atom is 0.227 e. The van der Waals surface area contributed by atoms with E-state index in [4.69, 9.17) is 15.2 Å². The summed E-state index contributed by atoms with van der Waals surface area (Å²) < 4.78 is 11.4. The molecule has 1 saturated carbocycles. The smallest absolute Gasteiger partial charge is 0.227 e. The van der Waals surface area contributed by atoms with Crippen LogP contribution >= 0.6 is 11.8 Å². The lowest BCUT2D eigenvalue weighted by atomic mass is 9.85. The van der Waals surface area contributed by atoms with Crippen LogP contribution in [0.25, 0.3) is 0 Å². The summed E-state index contributed by atoms with van der Waals surface area (Å²) in [6.45, 7) is 1.05. The second-order valence-corrected chi connectivity index (χ2v) is 8.14. The van der Waals surface area contributed by atoms with E-state index in [1.165, 1.54) is 0 Å². The maximum atomic E-state index is 12.8. The minimum absolute atomic E-state index is 0.0310. The Balaban J connectivity index is 1.60. The molecular formula is C21H24N2O3S. The number of carbonyl (C=O) groups excluding carboxylic acids is 1. The summed E-state index contributed by atoms with van der Waals surface area (Å²) in [4.78, 5) is 14.9. The van der Waals surface area contributed by atoms with Crippen LogP contribution in [0.15, 0.2) is 52.3 Å². The molecule has 3 N–H and O–H groups in total. The zero-order valence-corrected chi connectivity index (χ0v) is 16.0. The molecule has 1 aliphatic carbocycles. The van der Waals surface area contributed by atoms with E-state index < -0.39 is 0 Å². The number of ether oxygens (including phenoxy) is 2. The lowest BCUT2D eigenvalue weighted by Gasteiger charge is -2.26. The van der Waals surface area contributed by atoms with E-state index >= 15 is 0 Å². The van der Waals surface area contributed by atoms with Gasteiger partial charge >= 0.3 is 0 Å². The van der Waals surface area contributed by atoms with Crippen LogP contribution in [-0.4, -0.2) is 25.2 Å². The van der Waals surface area contributed by atoms with Crippen LogP contribution < -0.4 is 20.5 Å². The SMILES string of the molecule is NC1CCCC(C(=O)Nc2cc3c(cc2Sc2ccccc2)OCCO3)C1. The van der Waals surface area contributed by atoms with Gasteiger partial charge in [-0.1, -0.05) is 36.4 Å². The van der Waals surface area contributed by atoms with Crippen LogP contribution in [0.1, 0.15) is 25.7 Å². The van der Waals surface area contributed by atoms with Crippen molar-refractivity contribution in [2.45, 2.75) is 41.5 Å². The molecule has 2 atom stereocenters. The average molecular weight is 385 g/mol. The van der Waals surface area contributed by atoms with Gasteiger partial charge in [0.25, 0.3) is 0 Å². The maximum absolute atomic E-state index is 12.8. The van der Waals surface area contributed by atoms with Gasteiger partial charge in [0.05, 0.1) is 5.69 Å². The van der Waals surface area contributed by atoms with Crippen molar-refractivity contribution < 1.29 is 14.3 Å². The summed E-state index contributed by atoms with van der Waals surface area (Å²) in [6.07, 6.45) is 3.65. The first-order valence-electron chi connectivity index (χ1n) is 9.42. The van der Waals surface area contributed by atoms with Gasteiger partial charge in [-0.15, -0.1) is 0 Å². The van der Waals surface area contributed by atoms with E-state index in [0.717, 1.165) is 46.9 Å². The van der Waals surface area contributed by atoms with Crippen molar-refractivity contribution in [2.24, 2.45) is 11.7 Å². The highest BCUT2D eigenvalue weighted by Crippen LogP contribution is 2.42. The topological polar surface area (TPSA) is 73.6 Å². The molecule has 142 valence electrons. The Bertz CT molecular complexity index is 813. The molecule has 1 heterocycles. The quantitative estimate of drug-likeness (QED) is 0.831. The Kier molecular flexibility index (Phi) is 5.55. The third-order valence-corrected chi connectivity index (χ3v) is 6.02. The van der Waals surface area contributed by atoms with Crippen LogP contribution in [0, 0.1) is 5.92 Å². The molecule has 6 heteroatoms. The lowest BCUT2D eigenvalue weighted by Crippen LogP contribution is -2.34. The van der Waals surface area contributed by atoms with Gasteiger partial charge in [-0.25, -0.2) is 0 Å². The first-order chi connectivity index (χ1) is 13.2. The van der Waals surface area contributed by atoms with Crippen molar-refractivity contribution in [3.8, 4) is 11.5 Å². The van der Waals surface area contributed by atoms with Gasteiger partial charge < -0.3 is 20.5 Å². The number of carbonyl (C=O) groups is 1. The molecule has 2 aliphatic rings. The Morgan fingerprint density at radius 2 is 1.81 bits per heavy atom. The molecule has 27 heavy (non-hydrogen) atoms. The van der Waals surface area contributed by atoms with Gasteiger partial charge in [0, 0.05) is 33.9 Å². The van der Waals surface area contributed by atoms with E-state index in [9.17, 15) is 4.79 Å². The molecular weight excluding hydrogens is 360 g/mol. The molecule has 0 radical (unpaired) electrons. The molecule has 0 spiro atoms. The number of nitrogens with one attached hydrogen (secondary N) is 1. The lowest BCUT2D eigenvalue weighted by molar-refractivity contribution is -0.120. The molecule has 0 saturated heterocycles. The fourth-order valence-corrected chi connectivity index (χ4v) is 4.50. The molecule has 4 rings (SSSR count). The molecule has 2 aromatic carbocycles. The van der Waals surface area contributed by atoms with Crippen LogP contribution in [0.2, 0.25) is 0 Å². The molecule has 5 nitrogen and oxygen atoms in total. The first kappa shape index (κ1) is 18.2. The molecule has 0 bridgehead atoms. The molecule has 2 aromatic rings. The number of amides is 1. The number of fused-ring (bicyclic) bond motifs is 1. The Hall–Kier alpha value is -2.18. The van der Waals surface area contributed by atoms with Crippen molar-refractivity contribution in [2.75, 3.05) is 18.5 Å². The number of rotatable bonds is 4. The van der Waals surface area contributed by atoms with Crippen molar-refractivity contribution >= 4 is 23.4 Å². The molecule has 2 unspecified atom stereocenters. The Morgan fingerprint density at radius 3 is 2.56 bits per heavy atom. The van der Waals surface area contributed by atoms with Crippen molar-refractivity contribution in [3.63, 3.8) is 0 Å². The monoisotopic (exact) mass is 384 g/mol. The van der Waals surface area contributed by atoms with E-state index in [2.05, 4.69) is 5.32 Å². The Labute approximate surface area is 163 Å². The van der Waals surface area contributed by atoms with Crippen molar-refractivity contribution in [1.29, 1.82) is 0 Å². The third kappa shape index (κ3) is 4.39. The fraction of sp³-hybridized carbons (Fsp3) is 0.381. The number of benzene rings is 2. The van der Waals surface area contributed by atoms with Gasteiger partial charge in [0.2, 0.25) is 5.91 Å². The zero-order valence-electron chi connectivity index (χ0n) is 15.1. The minimum Gasteiger partial charge on any atom is -0.486 e. The number of anilines is 1. The fourth-order valence-electron chi connectivity index (χ4n) is 3.57. The second-order valence-electron chi connectivity index (χ2n) is 7.02. The summed E-state index contributed by atoms with van der Waals surface area (Å²) in [6, 6.07) is 14.0. The van der Waals surface area contributed by atoms with E-state index in [1.807, 2.05) is 42.5 Å². The summed E-state index contributed by atoms with van der Waals surface area (Å²) in [5.74, 6) is 1.40. The minimum atomic E-state index is -0.0310. The summed E-state index contributed by atoms with van der Waals surface area (Å²) >= 11 is 1.60. The van der Waals surface area contributed by atoms with Gasteiger partial charge in [0.1, 0.15) is 13.2 Å². The summed E-state index contributed by atoms with van der Waals surface area (Å²) in [5.41, 5.74) is 6.82. The first-order valence-corrected chi connectivity index (χ1v) is 10.2. The zero-order chi connectivity index (χ0) is 18.6. The normalized spacial score (nSPS) is 21.5. The Morgan fingerprint density at radius 1 is 1.07 bits per heavy atom. The van der Waals surface area contributed by atoms with Gasteiger partial charge in [-0.3, -0.25) is 4.79 Å². The van der Waals surface area contributed by atoms with Crippen LogP contribution in [0.3, 0.4) is 0 Å². The number of hydrogen-bond acceptors (Lipinski definition) is 5. The third-order valence-electron chi connectivity index (χ3n) is 4.96. The largest absolute Gasteiger partial charge is 0.486 e. The van der Waals surface area contributed by atoms with Gasteiger partial charge in [-0.05, 0) is 31.4 Å². The second kappa shape index (κ2) is 8.23. The van der Waals surface area contributed by atoms with E-state index in [-0.39, 0.29) is 17.9 Å². The van der Waals surface area contributed by atoms with Crippen LogP contribution in [-0.2, 0) is 4.79 Å². The van der Waals surface area contributed by atoms with Crippen molar-refractivity contribution in [3.05, 3.63) is 42.5 Å². The van der Waals surface area contributed by atoms with Crippen molar-refractivity contribution in [1.82, 2.24) is 0 Å².